The van der Waals surface area contributed by atoms with E-state index in [1.54, 1.807) is 6.92 Å². The average Bonchev–Trinajstić information content (AvgIpc) is 2.59. The molecule has 1 aliphatic carbocycles. The average molecular weight is 302 g/mol. The Bertz CT molecular complexity index is 983. The van der Waals surface area contributed by atoms with E-state index in [-0.39, 0.29) is 5.78 Å². The second kappa shape index (κ2) is 4.99. The summed E-state index contributed by atoms with van der Waals surface area (Å²) in [4.78, 5) is 12.7. The highest BCUT2D eigenvalue weighted by molar-refractivity contribution is 6.26. The molecule has 0 saturated carbocycles. The summed E-state index contributed by atoms with van der Waals surface area (Å²) in [5.41, 5.74) is 3.32. The summed E-state index contributed by atoms with van der Waals surface area (Å²) in [6.07, 6.45) is 0.934. The Labute approximate surface area is 133 Å². The predicted octanol–water partition coefficient (Wildman–Crippen LogP) is 4.85. The Balaban J connectivity index is 2.07. The molecule has 0 aliphatic heterocycles. The minimum absolute atomic E-state index is 0.0544. The van der Waals surface area contributed by atoms with Crippen molar-refractivity contribution >= 4 is 16.6 Å². The Morgan fingerprint density at radius 2 is 1.70 bits per heavy atom. The summed E-state index contributed by atoms with van der Waals surface area (Å²) in [7, 11) is 0. The van der Waals surface area contributed by atoms with Crippen molar-refractivity contribution in [3.8, 4) is 16.9 Å². The van der Waals surface area contributed by atoms with Gasteiger partial charge in [-0.25, -0.2) is 0 Å². The summed E-state index contributed by atoms with van der Waals surface area (Å²) >= 11 is 0. The second-order valence-corrected chi connectivity index (χ2v) is 5.59. The fraction of sp³-hybridized carbons (Fsp3) is 0.0500. The van der Waals surface area contributed by atoms with Crippen molar-refractivity contribution in [2.75, 3.05) is 0 Å². The van der Waals surface area contributed by atoms with E-state index in [0.717, 1.165) is 33.7 Å². The van der Waals surface area contributed by atoms with E-state index < -0.39 is 0 Å². The maximum atomic E-state index is 12.7. The van der Waals surface area contributed by atoms with Crippen LogP contribution < -0.4 is 4.74 Å². The van der Waals surface area contributed by atoms with Crippen molar-refractivity contribution in [1.82, 2.24) is 0 Å². The third-order valence-corrected chi connectivity index (χ3v) is 4.12. The number of fused-ring (bicyclic) bond motifs is 2. The summed E-state index contributed by atoms with van der Waals surface area (Å²) in [5, 5.41) is 11.0. The zero-order valence-corrected chi connectivity index (χ0v) is 12.5. The molecule has 0 aromatic heterocycles. The summed E-state index contributed by atoms with van der Waals surface area (Å²) in [6.45, 7) is 1.68. The molecule has 0 heterocycles. The van der Waals surface area contributed by atoms with Gasteiger partial charge in [0.1, 0.15) is 17.8 Å². The minimum atomic E-state index is 0.0544. The van der Waals surface area contributed by atoms with Crippen LogP contribution in [-0.4, -0.2) is 10.9 Å². The lowest BCUT2D eigenvalue weighted by Gasteiger charge is -2.20. The summed E-state index contributed by atoms with van der Waals surface area (Å²) in [6, 6.07) is 17.1. The number of ether oxygens (including phenoxy) is 1. The number of carbonyl (C=O) groups excluding carboxylic acids is 1. The SMILES string of the molecule is C/C(=C\O)Oc1cc2c3c(cccc3c1)C(=O)c1ccccc1-2. The molecule has 0 saturated heterocycles. The van der Waals surface area contributed by atoms with Crippen molar-refractivity contribution in [2.24, 2.45) is 0 Å². The van der Waals surface area contributed by atoms with Gasteiger partial charge in [0.05, 0.1) is 0 Å². The van der Waals surface area contributed by atoms with Gasteiger partial charge in [-0.05, 0) is 35.6 Å². The molecule has 3 nitrogen and oxygen atoms in total. The van der Waals surface area contributed by atoms with Gasteiger partial charge in [-0.2, -0.15) is 0 Å². The number of allylic oxidation sites excluding steroid dienone is 1. The molecule has 0 amide bonds. The van der Waals surface area contributed by atoms with E-state index in [2.05, 4.69) is 0 Å². The predicted molar refractivity (Wildman–Crippen MR) is 89.8 cm³/mol. The van der Waals surface area contributed by atoms with Crippen molar-refractivity contribution in [1.29, 1.82) is 0 Å². The Kier molecular flexibility index (Phi) is 2.95. The first kappa shape index (κ1) is 13.6. The smallest absolute Gasteiger partial charge is 0.194 e. The largest absolute Gasteiger partial charge is 0.512 e. The van der Waals surface area contributed by atoms with Gasteiger partial charge in [0.2, 0.25) is 0 Å². The Hall–Kier alpha value is -3.07. The number of carbonyl (C=O) groups is 1. The van der Waals surface area contributed by atoms with Crippen LogP contribution in [0.4, 0.5) is 0 Å². The number of benzene rings is 3. The van der Waals surface area contributed by atoms with E-state index in [9.17, 15) is 4.79 Å². The van der Waals surface area contributed by atoms with Crippen LogP contribution in [0.25, 0.3) is 21.9 Å². The lowest BCUT2D eigenvalue weighted by Crippen LogP contribution is -2.09. The normalized spacial score (nSPS) is 13.1. The lowest BCUT2D eigenvalue weighted by atomic mass is 9.83. The van der Waals surface area contributed by atoms with Crippen LogP contribution in [0, 0.1) is 0 Å². The molecular weight excluding hydrogens is 288 g/mol. The lowest BCUT2D eigenvalue weighted by molar-refractivity contribution is 0.104. The molecule has 112 valence electrons. The van der Waals surface area contributed by atoms with Gasteiger partial charge in [-0.1, -0.05) is 42.5 Å². The standard InChI is InChI=1S/C20H14O3/c1-12(11-21)23-14-9-13-5-4-8-17-19(13)18(10-14)15-6-2-3-7-16(15)20(17)22/h2-11,21H,1H3/b12-11+. The van der Waals surface area contributed by atoms with Crippen molar-refractivity contribution < 1.29 is 14.6 Å². The number of hydrogen-bond donors (Lipinski definition) is 1. The van der Waals surface area contributed by atoms with E-state index in [1.807, 2.05) is 54.6 Å². The van der Waals surface area contributed by atoms with E-state index in [4.69, 9.17) is 9.84 Å². The first-order valence-electron chi connectivity index (χ1n) is 7.39. The molecule has 0 radical (unpaired) electrons. The van der Waals surface area contributed by atoms with Gasteiger partial charge in [-0.3, -0.25) is 4.79 Å². The van der Waals surface area contributed by atoms with Crippen LogP contribution in [-0.2, 0) is 0 Å². The quantitative estimate of drug-likeness (QED) is 0.538. The highest BCUT2D eigenvalue weighted by Crippen LogP contribution is 2.41. The third-order valence-electron chi connectivity index (χ3n) is 4.12. The van der Waals surface area contributed by atoms with Gasteiger partial charge in [0.15, 0.2) is 5.78 Å². The monoisotopic (exact) mass is 302 g/mol. The van der Waals surface area contributed by atoms with Gasteiger partial charge in [-0.15, -0.1) is 0 Å². The summed E-state index contributed by atoms with van der Waals surface area (Å²) in [5.74, 6) is 1.10. The first-order chi connectivity index (χ1) is 11.2. The zero-order valence-electron chi connectivity index (χ0n) is 12.5. The molecule has 1 aliphatic rings. The van der Waals surface area contributed by atoms with E-state index in [1.165, 1.54) is 0 Å². The number of rotatable bonds is 2. The molecule has 1 N–H and O–H groups in total. The molecule has 0 unspecified atom stereocenters. The van der Waals surface area contributed by atoms with Gasteiger partial charge < -0.3 is 9.84 Å². The van der Waals surface area contributed by atoms with Crippen LogP contribution >= 0.6 is 0 Å². The molecular formula is C20H14O3. The molecule has 3 aromatic carbocycles. The number of aliphatic hydroxyl groups is 1. The molecule has 0 bridgehead atoms. The highest BCUT2D eigenvalue weighted by Gasteiger charge is 2.25. The molecule has 0 fully saturated rings. The number of ketones is 1. The van der Waals surface area contributed by atoms with E-state index in [0.29, 0.717) is 17.1 Å². The summed E-state index contributed by atoms with van der Waals surface area (Å²) < 4.78 is 5.65. The fourth-order valence-electron chi connectivity index (χ4n) is 3.13. The topological polar surface area (TPSA) is 46.5 Å². The maximum absolute atomic E-state index is 12.7. The number of aliphatic hydroxyl groups excluding tert-OH is 1. The Morgan fingerprint density at radius 3 is 2.48 bits per heavy atom. The molecule has 3 heteroatoms. The first-order valence-corrected chi connectivity index (χ1v) is 7.39. The van der Waals surface area contributed by atoms with Crippen LogP contribution in [0.3, 0.4) is 0 Å². The van der Waals surface area contributed by atoms with Crippen LogP contribution in [0.2, 0.25) is 0 Å². The molecule has 3 aromatic rings. The molecule has 23 heavy (non-hydrogen) atoms. The van der Waals surface area contributed by atoms with Crippen molar-refractivity contribution in [3.63, 3.8) is 0 Å². The molecule has 4 rings (SSSR count). The van der Waals surface area contributed by atoms with Gasteiger partial charge in [0, 0.05) is 16.5 Å². The minimum Gasteiger partial charge on any atom is -0.512 e. The third kappa shape index (κ3) is 2.01. The number of hydrogen-bond acceptors (Lipinski definition) is 3. The maximum Gasteiger partial charge on any atom is 0.194 e. The van der Waals surface area contributed by atoms with E-state index >= 15 is 0 Å². The molecule has 0 atom stereocenters. The van der Waals surface area contributed by atoms with Crippen molar-refractivity contribution in [3.05, 3.63) is 77.7 Å². The highest BCUT2D eigenvalue weighted by atomic mass is 16.5. The van der Waals surface area contributed by atoms with Crippen LogP contribution in [0.1, 0.15) is 22.8 Å². The van der Waals surface area contributed by atoms with Gasteiger partial charge >= 0.3 is 0 Å². The second-order valence-electron chi connectivity index (χ2n) is 5.59. The zero-order chi connectivity index (χ0) is 16.0. The molecule has 0 spiro atoms. The fourth-order valence-corrected chi connectivity index (χ4v) is 3.13. The van der Waals surface area contributed by atoms with Crippen molar-refractivity contribution in [2.45, 2.75) is 6.92 Å². The van der Waals surface area contributed by atoms with Gasteiger partial charge in [0.25, 0.3) is 0 Å². The van der Waals surface area contributed by atoms with Crippen LogP contribution in [0.5, 0.6) is 5.75 Å². The van der Waals surface area contributed by atoms with Crippen LogP contribution in [0.15, 0.2) is 66.6 Å². The Morgan fingerprint density at radius 1 is 0.957 bits per heavy atom.